The van der Waals surface area contributed by atoms with E-state index in [1.54, 1.807) is 12.1 Å². The minimum absolute atomic E-state index is 0.0312. The van der Waals surface area contributed by atoms with Crippen molar-refractivity contribution in [3.8, 4) is 0 Å². The number of carbonyl (C=O) groups is 1. The molecule has 96 heavy (non-hydrogen) atoms. The number of rotatable bonds is 12. The summed E-state index contributed by atoms with van der Waals surface area (Å²) in [6, 6.07) is 16.6. The third-order valence-electron chi connectivity index (χ3n) is 18.5. The van der Waals surface area contributed by atoms with Crippen molar-refractivity contribution >= 4 is 27.5 Å². The highest BCUT2D eigenvalue weighted by atomic mass is 16.8. The molecule has 540 valence electrons. The molecule has 0 aromatic heterocycles. The zero-order valence-electron chi connectivity index (χ0n) is 50.8. The number of aliphatic hydroxyl groups excluding tert-OH is 20. The molecule has 0 unspecified atom stereocenters. The second-order valence-corrected chi connectivity index (χ2v) is 24.6. The van der Waals surface area contributed by atoms with Crippen molar-refractivity contribution in [3.05, 3.63) is 60.2 Å². The van der Waals surface area contributed by atoms with Crippen LogP contribution in [0.4, 0.5) is 0 Å². The van der Waals surface area contributed by atoms with Crippen LogP contribution >= 0.6 is 0 Å². The molecular formula is C59H84N2O35. The van der Waals surface area contributed by atoms with E-state index in [4.69, 9.17) is 66.3 Å². The van der Waals surface area contributed by atoms with E-state index in [-0.39, 0.29) is 19.6 Å². The van der Waals surface area contributed by atoms with Gasteiger partial charge in [-0.15, -0.1) is 0 Å². The first kappa shape index (κ1) is 73.5. The van der Waals surface area contributed by atoms with E-state index in [0.717, 1.165) is 10.8 Å². The quantitative estimate of drug-likeness (QED) is 0.0591. The first-order valence-corrected chi connectivity index (χ1v) is 31.3. The highest BCUT2D eigenvalue weighted by Crippen LogP contribution is 2.39. The van der Waals surface area contributed by atoms with Gasteiger partial charge in [-0.25, -0.2) is 0 Å². The Bertz CT molecular complexity index is 2930. The van der Waals surface area contributed by atoms with Gasteiger partial charge in [-0.2, -0.15) is 0 Å². The Labute approximate surface area is 544 Å². The molecule has 21 aliphatic rings. The molecule has 3 aromatic carbocycles. The van der Waals surface area contributed by atoms with E-state index in [1.807, 2.05) is 42.5 Å². The molecule has 35 atom stereocenters. The number of fused-ring (bicyclic) bond motifs is 2. The zero-order valence-corrected chi connectivity index (χ0v) is 50.8. The van der Waals surface area contributed by atoms with Crippen LogP contribution in [0.15, 0.2) is 54.6 Å². The van der Waals surface area contributed by atoms with Gasteiger partial charge in [0, 0.05) is 19.6 Å². The van der Waals surface area contributed by atoms with Gasteiger partial charge in [0.25, 0.3) is 5.91 Å². The summed E-state index contributed by atoms with van der Waals surface area (Å²) in [5, 5.41) is 234. The monoisotopic (exact) mass is 1380 g/mol. The van der Waals surface area contributed by atoms with E-state index >= 15 is 0 Å². The van der Waals surface area contributed by atoms with Crippen molar-refractivity contribution in [2.75, 3.05) is 59.3 Å². The van der Waals surface area contributed by atoms with E-state index in [0.29, 0.717) is 16.3 Å². The van der Waals surface area contributed by atoms with Gasteiger partial charge in [-0.05, 0) is 27.6 Å². The number of ether oxygens (including phenoxy) is 14. The van der Waals surface area contributed by atoms with E-state index < -0.39 is 260 Å². The second-order valence-electron chi connectivity index (χ2n) is 24.6. The summed E-state index contributed by atoms with van der Waals surface area (Å²) in [5.41, 5.74) is 0.402. The van der Waals surface area contributed by atoms with E-state index in [9.17, 15) is 107 Å². The number of nitrogens with one attached hydrogen (secondary N) is 2. The van der Waals surface area contributed by atoms with Gasteiger partial charge in [-0.1, -0.05) is 48.5 Å². The topological polar surface area (TPSA) is 575 Å². The van der Waals surface area contributed by atoms with Crippen LogP contribution in [0, 0.1) is 0 Å². The highest BCUT2D eigenvalue weighted by molar-refractivity contribution is 6.18. The molecule has 0 radical (unpaired) electrons. The van der Waals surface area contributed by atoms with Crippen LogP contribution < -0.4 is 10.6 Å². The lowest BCUT2D eigenvalue weighted by molar-refractivity contribution is -0.396. The Morgan fingerprint density at radius 1 is 0.302 bits per heavy atom. The molecule has 37 heteroatoms. The van der Waals surface area contributed by atoms with Gasteiger partial charge in [0.15, 0.2) is 44.0 Å². The normalized spacial score (nSPS) is 46.7. The van der Waals surface area contributed by atoms with Gasteiger partial charge in [-0.3, -0.25) is 4.79 Å². The molecule has 14 bridgehead atoms. The molecule has 22 N–H and O–H groups in total. The lowest BCUT2D eigenvalue weighted by Gasteiger charge is -2.50. The van der Waals surface area contributed by atoms with Crippen LogP contribution in [-0.2, 0) is 66.3 Å². The molecule has 0 spiro atoms. The zero-order chi connectivity index (χ0) is 68.7. The largest absolute Gasteiger partial charge is 0.394 e. The van der Waals surface area contributed by atoms with Gasteiger partial charge < -0.3 is 179 Å². The minimum atomic E-state index is -2.23. The number of hydrogen-bond acceptors (Lipinski definition) is 36. The number of carbonyl (C=O) groups excluding carboxylic acids is 1. The summed E-state index contributed by atoms with van der Waals surface area (Å²) in [7, 11) is 0. The van der Waals surface area contributed by atoms with Crippen LogP contribution in [0.2, 0.25) is 0 Å². The third-order valence-corrected chi connectivity index (χ3v) is 18.5. The lowest BCUT2D eigenvalue weighted by Crippen LogP contribution is -2.68. The summed E-state index contributed by atoms with van der Waals surface area (Å²) in [4.78, 5) is 14.0. The van der Waals surface area contributed by atoms with Crippen LogP contribution in [0.5, 0.6) is 0 Å². The fraction of sp³-hybridized carbons (Fsp3) is 0.746. The maximum Gasteiger partial charge on any atom is 0.252 e. The summed E-state index contributed by atoms with van der Waals surface area (Å²) in [6.07, 6.45) is -70.7. The summed E-state index contributed by atoms with van der Waals surface area (Å²) in [5.74, 6) is -0.431. The van der Waals surface area contributed by atoms with Crippen molar-refractivity contribution in [1.82, 2.24) is 10.6 Å². The van der Waals surface area contributed by atoms with Crippen molar-refractivity contribution in [2.24, 2.45) is 0 Å². The molecule has 37 nitrogen and oxygen atoms in total. The Morgan fingerprint density at radius 3 is 0.781 bits per heavy atom. The van der Waals surface area contributed by atoms with Crippen molar-refractivity contribution in [2.45, 2.75) is 215 Å². The molecule has 21 saturated heterocycles. The molecule has 21 aliphatic heterocycles. The van der Waals surface area contributed by atoms with Crippen LogP contribution in [0.3, 0.4) is 0 Å². The number of aliphatic hydroxyl groups is 20. The molecule has 1 amide bonds. The maximum absolute atomic E-state index is 14.0. The van der Waals surface area contributed by atoms with Crippen LogP contribution in [-0.4, -0.2) is 382 Å². The molecule has 21 heterocycles. The van der Waals surface area contributed by atoms with Gasteiger partial charge in [0.2, 0.25) is 0 Å². The predicted molar refractivity (Wildman–Crippen MR) is 308 cm³/mol. The first-order valence-electron chi connectivity index (χ1n) is 31.3. The molecular weight excluding hydrogens is 1300 g/mol. The fourth-order valence-corrected chi connectivity index (χ4v) is 13.3. The van der Waals surface area contributed by atoms with Gasteiger partial charge >= 0.3 is 0 Å². The number of benzene rings is 3. The Hall–Kier alpha value is -3.75. The minimum Gasteiger partial charge on any atom is -0.394 e. The molecule has 0 aliphatic carbocycles. The van der Waals surface area contributed by atoms with E-state index in [1.165, 1.54) is 0 Å². The summed E-state index contributed by atoms with van der Waals surface area (Å²) >= 11 is 0. The van der Waals surface area contributed by atoms with Crippen molar-refractivity contribution in [1.29, 1.82) is 0 Å². The maximum atomic E-state index is 14.0. The SMILES string of the molecule is O=C(NCCNC[C@H]1O[C@@H]2O[C@H]3[C@H](O)[C@@H](O)[C@@H](O[C@H]4[C@H](O)[C@@H](O)[C@@H](O[C@H]5[C@H](O)[C@@H](O)[C@@H](O[C@H]6[C@H](O)[C@@H](O)[C@@H](O[C@H]7[C@H](O)[C@@H](O)[C@@H](O[C@H]8[C@H](O)[C@@H](O)[C@@H](O[C@H]1[C@H](O)[C@H]2O)O[C@@H]8CO)O[C@@H]7CO)O[C@@H]6CO)O[C@@H]5CO)O[C@@H]4CO)O[C@@H]3CO)c1c2ccccc2cc2ccccc12. The van der Waals surface area contributed by atoms with Gasteiger partial charge in [0.1, 0.15) is 171 Å². The van der Waals surface area contributed by atoms with Gasteiger partial charge in [0.05, 0.1) is 45.2 Å². The third kappa shape index (κ3) is 14.6. The fourth-order valence-electron chi connectivity index (χ4n) is 13.3. The second kappa shape index (κ2) is 31.6. The van der Waals surface area contributed by atoms with Crippen molar-refractivity contribution in [3.63, 3.8) is 0 Å². The summed E-state index contributed by atoms with van der Waals surface area (Å²) in [6.45, 7) is -6.81. The molecule has 0 saturated carbocycles. The number of amides is 1. The highest BCUT2D eigenvalue weighted by Gasteiger charge is 2.60. The molecule has 24 rings (SSSR count). The Balaban J connectivity index is 0.865. The molecule has 3 aromatic rings. The average molecular weight is 1380 g/mol. The Kier molecular flexibility index (Phi) is 24.2. The Morgan fingerprint density at radius 2 is 0.531 bits per heavy atom. The van der Waals surface area contributed by atoms with Crippen LogP contribution in [0.1, 0.15) is 10.4 Å². The first-order chi connectivity index (χ1) is 46.0. The van der Waals surface area contributed by atoms with E-state index in [2.05, 4.69) is 10.6 Å². The lowest BCUT2D eigenvalue weighted by atomic mass is 9.95. The van der Waals surface area contributed by atoms with Crippen molar-refractivity contribution < 1.29 is 173 Å². The standard InChI is InChI=1S/C59H84N2O35/c62-13-24-46-33(70)40(77)55(85-24)93-48-26(15-64)87-57(42(79)35(48)72)95-50-28(17-66)89-59(44(81)37(50)74)96-51-29(18-67)88-58(43(80)36(51)73)94-49-27(16-65)86-56(41(78)34(49)71)92-47-25(14-63)84-54(39(76)32(47)69)90-45-23(83-53(91-46)38(75)31(45)68)12-60-9-10-61-52(82)30-21-7-3-1-5-19(21)11-20-6-2-4-8-22(20)30/h1-8,11,23-29,31-51,53-60,62-81H,9-10,12-18H2,(H,61,82)/t23-,24-,25-,26-,27-,28-,29-,31-,32-,33-,34-,35-,36-,37-,38-,39-,40-,41-,42-,43-,44-,45-,46-,47-,48-,49-,50-,51-,53-,54-,55-,56-,57-,58-,59-/m1/s1. The van der Waals surface area contributed by atoms with Crippen LogP contribution in [0.25, 0.3) is 21.5 Å². The number of hydrogen-bond donors (Lipinski definition) is 22. The molecule has 21 fully saturated rings. The average Bonchev–Trinajstić information content (AvgIpc) is 0.796. The predicted octanol–water partition coefficient (Wildman–Crippen LogP) is -11.9. The smallest absolute Gasteiger partial charge is 0.252 e. The summed E-state index contributed by atoms with van der Waals surface area (Å²) < 4.78 is 81.9.